The number of aliphatic imine (C=N–C) groups is 1. The molecule has 1 aliphatic rings. The van der Waals surface area contributed by atoms with Gasteiger partial charge in [0.05, 0.1) is 6.10 Å². The van der Waals surface area contributed by atoms with Gasteiger partial charge in [-0.25, -0.2) is 0 Å². The number of nitrogens with zero attached hydrogens (tertiary/aromatic N) is 2. The molecule has 2 aromatic carbocycles. The number of halogens is 1. The standard InChI is InChI=1S/C23H31N3O2.HI/c1-3-27-21-13-15-26(16-14-21)23(24-2)25-17-20-11-7-8-12-22(20)28-18-19-9-5-4-6-10-19;/h4-12,21H,3,13-18H2,1-2H3,(H,24,25);1H. The first-order chi connectivity index (χ1) is 13.8. The summed E-state index contributed by atoms with van der Waals surface area (Å²) in [5, 5.41) is 3.50. The number of nitrogens with one attached hydrogen (secondary N) is 1. The van der Waals surface area contributed by atoms with Gasteiger partial charge in [0.25, 0.3) is 0 Å². The van der Waals surface area contributed by atoms with Gasteiger partial charge in [-0.05, 0) is 31.4 Å². The number of hydrogen-bond donors (Lipinski definition) is 1. The summed E-state index contributed by atoms with van der Waals surface area (Å²) in [5.41, 5.74) is 2.29. The Labute approximate surface area is 191 Å². The average Bonchev–Trinajstić information content (AvgIpc) is 2.75. The maximum Gasteiger partial charge on any atom is 0.193 e. The molecule has 0 unspecified atom stereocenters. The summed E-state index contributed by atoms with van der Waals surface area (Å²) in [6.45, 7) is 6.04. The van der Waals surface area contributed by atoms with Gasteiger partial charge in [-0.3, -0.25) is 4.99 Å². The number of rotatable bonds is 7. The molecule has 158 valence electrons. The molecule has 6 heteroatoms. The molecule has 0 saturated carbocycles. The van der Waals surface area contributed by atoms with E-state index in [4.69, 9.17) is 9.47 Å². The molecule has 5 nitrogen and oxygen atoms in total. The average molecular weight is 509 g/mol. The molecule has 1 fully saturated rings. The van der Waals surface area contributed by atoms with Gasteiger partial charge in [0.15, 0.2) is 5.96 Å². The van der Waals surface area contributed by atoms with Crippen molar-refractivity contribution in [3.63, 3.8) is 0 Å². The van der Waals surface area contributed by atoms with E-state index in [1.807, 2.05) is 43.4 Å². The maximum absolute atomic E-state index is 6.07. The van der Waals surface area contributed by atoms with Crippen molar-refractivity contribution in [1.29, 1.82) is 0 Å². The van der Waals surface area contributed by atoms with E-state index in [0.717, 1.165) is 49.8 Å². The lowest BCUT2D eigenvalue weighted by atomic mass is 10.1. The van der Waals surface area contributed by atoms with Crippen LogP contribution in [-0.2, 0) is 17.9 Å². The highest BCUT2D eigenvalue weighted by atomic mass is 127. The summed E-state index contributed by atoms with van der Waals surface area (Å²) in [7, 11) is 1.84. The summed E-state index contributed by atoms with van der Waals surface area (Å²) in [6, 6.07) is 18.4. The highest BCUT2D eigenvalue weighted by Gasteiger charge is 2.21. The fraction of sp³-hybridized carbons (Fsp3) is 0.435. The summed E-state index contributed by atoms with van der Waals surface area (Å²) in [4.78, 5) is 6.78. The number of benzene rings is 2. The number of guanidine groups is 1. The van der Waals surface area contributed by atoms with Crippen LogP contribution >= 0.6 is 24.0 Å². The molecule has 0 amide bonds. The third kappa shape index (κ3) is 7.19. The number of para-hydroxylation sites is 1. The molecule has 0 atom stereocenters. The van der Waals surface area contributed by atoms with Crippen LogP contribution in [0.5, 0.6) is 5.75 Å². The van der Waals surface area contributed by atoms with Gasteiger partial charge in [-0.15, -0.1) is 24.0 Å². The van der Waals surface area contributed by atoms with Gasteiger partial charge in [-0.2, -0.15) is 0 Å². The van der Waals surface area contributed by atoms with Crippen LogP contribution in [-0.4, -0.2) is 43.7 Å². The summed E-state index contributed by atoms with van der Waals surface area (Å²) in [5.74, 6) is 1.84. The Morgan fingerprint density at radius 2 is 1.76 bits per heavy atom. The van der Waals surface area contributed by atoms with Crippen LogP contribution in [0.25, 0.3) is 0 Å². The Morgan fingerprint density at radius 3 is 2.45 bits per heavy atom. The van der Waals surface area contributed by atoms with Gasteiger partial charge >= 0.3 is 0 Å². The molecule has 2 aromatic rings. The van der Waals surface area contributed by atoms with E-state index < -0.39 is 0 Å². The zero-order valence-corrected chi connectivity index (χ0v) is 19.7. The van der Waals surface area contributed by atoms with Gasteiger partial charge in [-0.1, -0.05) is 48.5 Å². The van der Waals surface area contributed by atoms with Gasteiger partial charge < -0.3 is 19.7 Å². The zero-order chi connectivity index (χ0) is 19.6. The van der Waals surface area contributed by atoms with Gasteiger partial charge in [0.2, 0.25) is 0 Å². The van der Waals surface area contributed by atoms with Crippen molar-refractivity contribution >= 4 is 29.9 Å². The topological polar surface area (TPSA) is 46.1 Å². The van der Waals surface area contributed by atoms with E-state index in [2.05, 4.69) is 40.3 Å². The van der Waals surface area contributed by atoms with Crippen LogP contribution < -0.4 is 10.1 Å². The van der Waals surface area contributed by atoms with E-state index in [-0.39, 0.29) is 24.0 Å². The second kappa shape index (κ2) is 12.7. The Kier molecular flexibility index (Phi) is 10.3. The molecule has 0 radical (unpaired) electrons. The predicted octanol–water partition coefficient (Wildman–Crippen LogP) is 4.46. The first kappa shape index (κ1) is 23.5. The van der Waals surface area contributed by atoms with Crippen molar-refractivity contribution in [2.75, 3.05) is 26.7 Å². The molecule has 0 spiro atoms. The number of ether oxygens (including phenoxy) is 2. The largest absolute Gasteiger partial charge is 0.489 e. The Morgan fingerprint density at radius 1 is 1.07 bits per heavy atom. The summed E-state index contributed by atoms with van der Waals surface area (Å²) >= 11 is 0. The van der Waals surface area contributed by atoms with E-state index >= 15 is 0 Å². The maximum atomic E-state index is 6.07. The lowest BCUT2D eigenvalue weighted by Crippen LogP contribution is -2.46. The molecule has 0 aromatic heterocycles. The lowest BCUT2D eigenvalue weighted by Gasteiger charge is -2.34. The fourth-order valence-electron chi connectivity index (χ4n) is 3.50. The fourth-order valence-corrected chi connectivity index (χ4v) is 3.50. The van der Waals surface area contributed by atoms with Crippen molar-refractivity contribution in [2.24, 2.45) is 4.99 Å². The second-order valence-electron chi connectivity index (χ2n) is 6.92. The van der Waals surface area contributed by atoms with Gasteiger partial charge in [0.1, 0.15) is 12.4 Å². The normalized spacial score (nSPS) is 15.0. The number of hydrogen-bond acceptors (Lipinski definition) is 3. The lowest BCUT2D eigenvalue weighted by molar-refractivity contribution is 0.0263. The SMILES string of the molecule is CCOC1CCN(C(=NC)NCc2ccccc2OCc2ccccc2)CC1.I. The van der Waals surface area contributed by atoms with E-state index in [9.17, 15) is 0 Å². The molecule has 1 saturated heterocycles. The Hall–Kier alpha value is -1.80. The zero-order valence-electron chi connectivity index (χ0n) is 17.3. The third-order valence-electron chi connectivity index (χ3n) is 5.00. The van der Waals surface area contributed by atoms with Crippen molar-refractivity contribution in [3.05, 3.63) is 65.7 Å². The second-order valence-corrected chi connectivity index (χ2v) is 6.92. The third-order valence-corrected chi connectivity index (χ3v) is 5.00. The molecule has 1 aliphatic heterocycles. The minimum atomic E-state index is 0. The smallest absolute Gasteiger partial charge is 0.193 e. The molecule has 0 aliphatic carbocycles. The van der Waals surface area contributed by atoms with Crippen molar-refractivity contribution in [2.45, 2.75) is 39.0 Å². The summed E-state index contributed by atoms with van der Waals surface area (Å²) in [6.07, 6.45) is 2.47. The van der Waals surface area contributed by atoms with Crippen molar-refractivity contribution in [3.8, 4) is 5.75 Å². The van der Waals surface area contributed by atoms with Crippen molar-refractivity contribution in [1.82, 2.24) is 10.2 Å². The van der Waals surface area contributed by atoms with E-state index in [1.54, 1.807) is 0 Å². The molecular weight excluding hydrogens is 477 g/mol. The van der Waals surface area contributed by atoms with Crippen LogP contribution in [0.2, 0.25) is 0 Å². The molecule has 1 N–H and O–H groups in total. The Balaban J connectivity index is 0.00000300. The van der Waals surface area contributed by atoms with Crippen LogP contribution in [0.15, 0.2) is 59.6 Å². The van der Waals surface area contributed by atoms with E-state index in [0.29, 0.717) is 19.3 Å². The minimum Gasteiger partial charge on any atom is -0.489 e. The van der Waals surface area contributed by atoms with Crippen molar-refractivity contribution < 1.29 is 9.47 Å². The van der Waals surface area contributed by atoms with Crippen LogP contribution in [0.4, 0.5) is 0 Å². The monoisotopic (exact) mass is 509 g/mol. The van der Waals surface area contributed by atoms with Crippen LogP contribution in [0.1, 0.15) is 30.9 Å². The first-order valence-corrected chi connectivity index (χ1v) is 10.1. The molecular formula is C23H32IN3O2. The Bertz CT molecular complexity index is 747. The predicted molar refractivity (Wildman–Crippen MR) is 129 cm³/mol. The number of likely N-dealkylation sites (tertiary alicyclic amines) is 1. The highest BCUT2D eigenvalue weighted by Crippen LogP contribution is 2.20. The quantitative estimate of drug-likeness (QED) is 0.340. The van der Waals surface area contributed by atoms with Crippen LogP contribution in [0.3, 0.4) is 0 Å². The minimum absolute atomic E-state index is 0. The highest BCUT2D eigenvalue weighted by molar-refractivity contribution is 14.0. The molecule has 0 bridgehead atoms. The van der Waals surface area contributed by atoms with Crippen LogP contribution in [0, 0.1) is 0 Å². The molecule has 1 heterocycles. The van der Waals surface area contributed by atoms with Gasteiger partial charge in [0, 0.05) is 38.9 Å². The number of piperidine rings is 1. The molecule has 29 heavy (non-hydrogen) atoms. The molecule has 3 rings (SSSR count). The van der Waals surface area contributed by atoms with E-state index in [1.165, 1.54) is 5.56 Å². The first-order valence-electron chi connectivity index (χ1n) is 10.1. The summed E-state index contributed by atoms with van der Waals surface area (Å²) < 4.78 is 11.8.